The van der Waals surface area contributed by atoms with Gasteiger partial charge in [-0.2, -0.15) is 4.31 Å². The van der Waals surface area contributed by atoms with Gasteiger partial charge in [-0.1, -0.05) is 19.9 Å². The van der Waals surface area contributed by atoms with E-state index in [1.807, 2.05) is 6.08 Å². The van der Waals surface area contributed by atoms with Crippen LogP contribution in [0.2, 0.25) is 0 Å². The van der Waals surface area contributed by atoms with E-state index in [0.717, 1.165) is 19.4 Å². The number of rotatable bonds is 9. The van der Waals surface area contributed by atoms with Crippen LogP contribution in [0.4, 0.5) is 0 Å². The number of ether oxygens (including phenoxy) is 1. The van der Waals surface area contributed by atoms with Crippen LogP contribution in [0, 0.1) is 0 Å². The molecule has 0 aromatic carbocycles. The molecule has 0 aromatic rings. The van der Waals surface area contributed by atoms with Crippen molar-refractivity contribution >= 4 is 10.0 Å². The molecule has 20 heavy (non-hydrogen) atoms. The second-order valence-electron chi connectivity index (χ2n) is 5.54. The number of unbranched alkanes of at least 4 members (excludes halogenated alkanes) is 1. The Morgan fingerprint density at radius 1 is 1.40 bits per heavy atom. The van der Waals surface area contributed by atoms with Crippen molar-refractivity contribution in [1.82, 2.24) is 9.62 Å². The average Bonchev–Trinajstić information content (AvgIpc) is 2.39. The van der Waals surface area contributed by atoms with E-state index in [-0.39, 0.29) is 5.75 Å². The van der Waals surface area contributed by atoms with E-state index in [9.17, 15) is 8.42 Å². The molecular weight excluding hydrogens is 276 g/mol. The molecule has 0 saturated carbocycles. The molecule has 0 bridgehead atoms. The molecule has 0 radical (unpaired) electrons. The summed E-state index contributed by atoms with van der Waals surface area (Å²) >= 11 is 0. The van der Waals surface area contributed by atoms with Gasteiger partial charge < -0.3 is 10.1 Å². The summed E-state index contributed by atoms with van der Waals surface area (Å²) in [6.07, 6.45) is 4.37. The van der Waals surface area contributed by atoms with Crippen LogP contribution in [0.25, 0.3) is 0 Å². The van der Waals surface area contributed by atoms with Crippen LogP contribution in [0.1, 0.15) is 33.1 Å². The fourth-order valence-electron chi connectivity index (χ4n) is 2.19. The topological polar surface area (TPSA) is 58.6 Å². The Kier molecular flexibility index (Phi) is 7.72. The summed E-state index contributed by atoms with van der Waals surface area (Å²) in [4.78, 5) is 0. The molecule has 6 heteroatoms. The van der Waals surface area contributed by atoms with Gasteiger partial charge in [-0.05, 0) is 31.4 Å². The van der Waals surface area contributed by atoms with Gasteiger partial charge in [0.2, 0.25) is 10.0 Å². The lowest BCUT2D eigenvalue weighted by Gasteiger charge is -2.25. The SMILES string of the molecule is COCC1=CCN(S(=O)(=O)CCCCNC(C)C)CC1. The van der Waals surface area contributed by atoms with Crippen LogP contribution in [0.3, 0.4) is 0 Å². The zero-order valence-electron chi connectivity index (χ0n) is 12.9. The highest BCUT2D eigenvalue weighted by Crippen LogP contribution is 2.15. The molecule has 1 aliphatic rings. The van der Waals surface area contributed by atoms with Gasteiger partial charge in [-0.3, -0.25) is 0 Å². The highest BCUT2D eigenvalue weighted by Gasteiger charge is 2.23. The Morgan fingerprint density at radius 2 is 2.15 bits per heavy atom. The highest BCUT2D eigenvalue weighted by atomic mass is 32.2. The molecule has 1 heterocycles. The first-order chi connectivity index (χ1) is 9.45. The predicted molar refractivity (Wildman–Crippen MR) is 82.3 cm³/mol. The number of nitrogens with zero attached hydrogens (tertiary/aromatic N) is 1. The summed E-state index contributed by atoms with van der Waals surface area (Å²) in [5.74, 6) is 0.250. The maximum Gasteiger partial charge on any atom is 0.214 e. The van der Waals surface area contributed by atoms with Crippen molar-refractivity contribution < 1.29 is 13.2 Å². The average molecular weight is 304 g/mol. The zero-order chi connectivity index (χ0) is 15.0. The van der Waals surface area contributed by atoms with E-state index in [0.29, 0.717) is 32.2 Å². The highest BCUT2D eigenvalue weighted by molar-refractivity contribution is 7.89. The molecule has 0 aliphatic carbocycles. The van der Waals surface area contributed by atoms with E-state index < -0.39 is 10.0 Å². The van der Waals surface area contributed by atoms with Crippen molar-refractivity contribution in [2.45, 2.75) is 39.2 Å². The lowest BCUT2D eigenvalue weighted by molar-refractivity contribution is 0.219. The quantitative estimate of drug-likeness (QED) is 0.516. The summed E-state index contributed by atoms with van der Waals surface area (Å²) in [7, 11) is -1.44. The first-order valence-corrected chi connectivity index (χ1v) is 8.94. The molecule has 1 aliphatic heterocycles. The van der Waals surface area contributed by atoms with E-state index in [4.69, 9.17) is 4.74 Å². The molecule has 0 saturated heterocycles. The maximum atomic E-state index is 12.2. The summed E-state index contributed by atoms with van der Waals surface area (Å²) in [6.45, 7) is 6.75. The van der Waals surface area contributed by atoms with Crippen molar-refractivity contribution in [3.63, 3.8) is 0 Å². The Hall–Kier alpha value is -0.430. The lowest BCUT2D eigenvalue weighted by atomic mass is 10.1. The zero-order valence-corrected chi connectivity index (χ0v) is 13.7. The van der Waals surface area contributed by atoms with Crippen LogP contribution in [-0.4, -0.2) is 57.9 Å². The third-order valence-electron chi connectivity index (χ3n) is 3.37. The third kappa shape index (κ3) is 6.35. The van der Waals surface area contributed by atoms with Gasteiger partial charge in [0.05, 0.1) is 12.4 Å². The number of hydrogen-bond donors (Lipinski definition) is 1. The molecule has 0 unspecified atom stereocenters. The lowest BCUT2D eigenvalue weighted by Crippen LogP contribution is -2.37. The largest absolute Gasteiger partial charge is 0.380 e. The number of methoxy groups -OCH3 is 1. The first kappa shape index (κ1) is 17.6. The summed E-state index contributed by atoms with van der Waals surface area (Å²) < 4.78 is 31.0. The molecule has 118 valence electrons. The summed E-state index contributed by atoms with van der Waals surface area (Å²) in [5, 5.41) is 3.30. The third-order valence-corrected chi connectivity index (χ3v) is 5.29. The van der Waals surface area contributed by atoms with E-state index >= 15 is 0 Å². The van der Waals surface area contributed by atoms with Crippen LogP contribution < -0.4 is 5.32 Å². The van der Waals surface area contributed by atoms with Crippen molar-refractivity contribution in [3.8, 4) is 0 Å². The van der Waals surface area contributed by atoms with Gasteiger partial charge >= 0.3 is 0 Å². The minimum atomic E-state index is -3.10. The standard InChI is InChI=1S/C14H28N2O3S/c1-13(2)15-8-4-5-11-20(17,18)16-9-6-14(7-10-16)12-19-3/h6,13,15H,4-5,7-12H2,1-3H3. The van der Waals surface area contributed by atoms with Crippen molar-refractivity contribution in [2.24, 2.45) is 0 Å². The molecule has 0 atom stereocenters. The Bertz CT molecular complexity index is 405. The molecule has 1 rings (SSSR count). The summed E-state index contributed by atoms with van der Waals surface area (Å²) in [6, 6.07) is 0.457. The van der Waals surface area contributed by atoms with Gasteiger partial charge in [0, 0.05) is 26.2 Å². The number of sulfonamides is 1. The molecular formula is C14H28N2O3S. The number of nitrogens with one attached hydrogen (secondary N) is 1. The maximum absolute atomic E-state index is 12.2. The van der Waals surface area contributed by atoms with E-state index in [1.165, 1.54) is 5.57 Å². The Labute approximate surface area is 123 Å². The van der Waals surface area contributed by atoms with Gasteiger partial charge in [-0.25, -0.2) is 8.42 Å². The molecule has 0 amide bonds. The number of hydrogen-bond acceptors (Lipinski definition) is 4. The summed E-state index contributed by atoms with van der Waals surface area (Å²) in [5.41, 5.74) is 1.19. The minimum absolute atomic E-state index is 0.250. The van der Waals surface area contributed by atoms with Gasteiger partial charge in [0.25, 0.3) is 0 Å². The van der Waals surface area contributed by atoms with Crippen LogP contribution in [-0.2, 0) is 14.8 Å². The molecule has 1 N–H and O–H groups in total. The van der Waals surface area contributed by atoms with Gasteiger partial charge in [0.1, 0.15) is 0 Å². The van der Waals surface area contributed by atoms with Crippen molar-refractivity contribution in [3.05, 3.63) is 11.6 Å². The van der Waals surface area contributed by atoms with Crippen LogP contribution >= 0.6 is 0 Å². The molecule has 0 fully saturated rings. The van der Waals surface area contributed by atoms with Crippen molar-refractivity contribution in [1.29, 1.82) is 0 Å². The fraction of sp³-hybridized carbons (Fsp3) is 0.857. The minimum Gasteiger partial charge on any atom is -0.380 e. The molecule has 0 spiro atoms. The van der Waals surface area contributed by atoms with E-state index in [2.05, 4.69) is 19.2 Å². The first-order valence-electron chi connectivity index (χ1n) is 7.33. The van der Waals surface area contributed by atoms with Gasteiger partial charge in [-0.15, -0.1) is 0 Å². The van der Waals surface area contributed by atoms with Crippen LogP contribution in [0.15, 0.2) is 11.6 Å². The second-order valence-corrected chi connectivity index (χ2v) is 7.62. The predicted octanol–water partition coefficient (Wildman–Crippen LogP) is 1.37. The Morgan fingerprint density at radius 3 is 2.70 bits per heavy atom. The van der Waals surface area contributed by atoms with E-state index in [1.54, 1.807) is 11.4 Å². The van der Waals surface area contributed by atoms with Gasteiger partial charge in [0.15, 0.2) is 0 Å². The molecule has 0 aromatic heterocycles. The Balaban J connectivity index is 2.31. The fourth-order valence-corrected chi connectivity index (χ4v) is 3.69. The smallest absolute Gasteiger partial charge is 0.214 e. The molecule has 5 nitrogen and oxygen atoms in total. The monoisotopic (exact) mass is 304 g/mol. The van der Waals surface area contributed by atoms with Crippen molar-refractivity contribution in [2.75, 3.05) is 39.1 Å². The van der Waals surface area contributed by atoms with Crippen LogP contribution in [0.5, 0.6) is 0 Å². The second kappa shape index (κ2) is 8.77. The normalized spacial score (nSPS) is 17.5.